The number of fused-ring (bicyclic) bond motifs is 5. The lowest BCUT2D eigenvalue weighted by molar-refractivity contribution is 0.122. The SMILES string of the molecule is c1ccc2c(c1)NC(c1ccc(N3CCOCC3)cc1)n1c-2nc2ccccc21. The van der Waals surface area contributed by atoms with E-state index in [1.807, 2.05) is 6.07 Å². The van der Waals surface area contributed by atoms with Gasteiger partial charge in [0.25, 0.3) is 0 Å². The van der Waals surface area contributed by atoms with E-state index in [9.17, 15) is 0 Å². The quantitative estimate of drug-likeness (QED) is 0.554. The fourth-order valence-corrected chi connectivity index (χ4v) is 4.43. The van der Waals surface area contributed by atoms with E-state index in [1.165, 1.54) is 11.3 Å². The van der Waals surface area contributed by atoms with Gasteiger partial charge in [-0.3, -0.25) is 4.57 Å². The van der Waals surface area contributed by atoms with Gasteiger partial charge in [-0.05, 0) is 42.0 Å². The number of hydrogen-bond donors (Lipinski definition) is 1. The summed E-state index contributed by atoms with van der Waals surface area (Å²) in [5.74, 6) is 1.02. The van der Waals surface area contributed by atoms with E-state index >= 15 is 0 Å². The molecule has 1 atom stereocenters. The van der Waals surface area contributed by atoms with Crippen molar-refractivity contribution in [3.63, 3.8) is 0 Å². The van der Waals surface area contributed by atoms with Crippen molar-refractivity contribution in [2.45, 2.75) is 6.17 Å². The molecule has 0 radical (unpaired) electrons. The molecule has 144 valence electrons. The summed E-state index contributed by atoms with van der Waals surface area (Å²) in [4.78, 5) is 7.35. The predicted octanol–water partition coefficient (Wildman–Crippen LogP) is 4.51. The Hall–Kier alpha value is -3.31. The molecule has 5 heteroatoms. The van der Waals surface area contributed by atoms with Crippen molar-refractivity contribution in [2.24, 2.45) is 0 Å². The number of nitrogens with zero attached hydrogens (tertiary/aromatic N) is 3. The molecule has 0 spiro atoms. The van der Waals surface area contributed by atoms with Crippen LogP contribution < -0.4 is 10.2 Å². The van der Waals surface area contributed by atoms with Crippen molar-refractivity contribution < 1.29 is 4.74 Å². The van der Waals surface area contributed by atoms with Crippen LogP contribution in [0.1, 0.15) is 11.7 Å². The Morgan fingerprint density at radius 2 is 1.62 bits per heavy atom. The second-order valence-electron chi connectivity index (χ2n) is 7.58. The number of rotatable bonds is 2. The van der Waals surface area contributed by atoms with Crippen LogP contribution in [0.4, 0.5) is 11.4 Å². The number of morpholine rings is 1. The van der Waals surface area contributed by atoms with E-state index in [0.29, 0.717) is 0 Å². The normalized spacial score (nSPS) is 18.2. The zero-order chi connectivity index (χ0) is 19.2. The molecule has 2 aliphatic heterocycles. The Balaban J connectivity index is 1.46. The van der Waals surface area contributed by atoms with Crippen LogP contribution in [0, 0.1) is 0 Å². The monoisotopic (exact) mass is 382 g/mol. The molecule has 29 heavy (non-hydrogen) atoms. The molecule has 2 aliphatic rings. The van der Waals surface area contributed by atoms with Gasteiger partial charge in [0.2, 0.25) is 0 Å². The molecular formula is C24H22N4O. The van der Waals surface area contributed by atoms with Crippen LogP contribution >= 0.6 is 0 Å². The van der Waals surface area contributed by atoms with E-state index in [-0.39, 0.29) is 6.17 Å². The molecule has 3 heterocycles. The molecule has 0 bridgehead atoms. The number of imidazole rings is 1. The smallest absolute Gasteiger partial charge is 0.145 e. The number of aromatic nitrogens is 2. The van der Waals surface area contributed by atoms with E-state index in [1.54, 1.807) is 0 Å². The number of nitrogens with one attached hydrogen (secondary N) is 1. The molecule has 6 rings (SSSR count). The fraction of sp³-hybridized carbons (Fsp3) is 0.208. The van der Waals surface area contributed by atoms with E-state index in [2.05, 4.69) is 81.5 Å². The topological polar surface area (TPSA) is 42.3 Å². The summed E-state index contributed by atoms with van der Waals surface area (Å²) >= 11 is 0. The van der Waals surface area contributed by atoms with Gasteiger partial charge in [0.15, 0.2) is 0 Å². The van der Waals surface area contributed by atoms with Crippen LogP contribution in [-0.2, 0) is 4.74 Å². The van der Waals surface area contributed by atoms with Gasteiger partial charge in [0.1, 0.15) is 12.0 Å². The minimum absolute atomic E-state index is 0.00559. The summed E-state index contributed by atoms with van der Waals surface area (Å²) in [6.07, 6.45) is 0.00559. The highest BCUT2D eigenvalue weighted by molar-refractivity contribution is 5.86. The number of ether oxygens (including phenoxy) is 1. The average Bonchev–Trinajstić information content (AvgIpc) is 3.19. The fourth-order valence-electron chi connectivity index (χ4n) is 4.43. The lowest BCUT2D eigenvalue weighted by Gasteiger charge is -2.31. The first kappa shape index (κ1) is 16.6. The Bertz CT molecular complexity index is 1180. The first-order valence-corrected chi connectivity index (χ1v) is 10.1. The van der Waals surface area contributed by atoms with Crippen molar-refractivity contribution in [2.75, 3.05) is 36.5 Å². The summed E-state index contributed by atoms with van der Waals surface area (Å²) in [5.41, 5.74) is 6.91. The van der Waals surface area contributed by atoms with Crippen LogP contribution in [-0.4, -0.2) is 35.9 Å². The summed E-state index contributed by atoms with van der Waals surface area (Å²) in [6.45, 7) is 3.50. The number of anilines is 2. The summed E-state index contributed by atoms with van der Waals surface area (Å²) in [5, 5.41) is 3.74. The second kappa shape index (κ2) is 6.64. The maximum atomic E-state index is 5.48. The van der Waals surface area contributed by atoms with E-state index in [4.69, 9.17) is 9.72 Å². The number of benzene rings is 3. The minimum atomic E-state index is 0.00559. The van der Waals surface area contributed by atoms with Crippen LogP contribution in [0.15, 0.2) is 72.8 Å². The Kier molecular flexibility index (Phi) is 3.81. The maximum absolute atomic E-state index is 5.48. The summed E-state index contributed by atoms with van der Waals surface area (Å²) in [7, 11) is 0. The van der Waals surface area contributed by atoms with Gasteiger partial charge in [-0.15, -0.1) is 0 Å². The first-order chi connectivity index (χ1) is 14.4. The molecule has 0 amide bonds. The lowest BCUT2D eigenvalue weighted by atomic mass is 10.1. The van der Waals surface area contributed by atoms with E-state index in [0.717, 1.165) is 54.4 Å². The van der Waals surface area contributed by atoms with Gasteiger partial charge in [0, 0.05) is 30.0 Å². The van der Waals surface area contributed by atoms with Gasteiger partial charge < -0.3 is 15.0 Å². The molecule has 0 aliphatic carbocycles. The zero-order valence-electron chi connectivity index (χ0n) is 16.1. The van der Waals surface area contributed by atoms with E-state index < -0.39 is 0 Å². The molecule has 1 aromatic heterocycles. The standard InChI is InChI=1S/C24H22N4O/c1-2-6-20-19(5-1)24-26-21-7-3-4-8-22(21)28(24)23(25-20)17-9-11-18(12-10-17)27-13-15-29-16-14-27/h1-12,23,25H,13-16H2. The average molecular weight is 382 g/mol. The molecule has 1 saturated heterocycles. The van der Waals surface area contributed by atoms with Crippen LogP contribution in [0.5, 0.6) is 0 Å². The number of para-hydroxylation sites is 3. The maximum Gasteiger partial charge on any atom is 0.145 e. The Morgan fingerprint density at radius 3 is 2.48 bits per heavy atom. The predicted molar refractivity (Wildman–Crippen MR) is 116 cm³/mol. The highest BCUT2D eigenvalue weighted by atomic mass is 16.5. The Labute approximate surface area is 169 Å². The van der Waals surface area contributed by atoms with Crippen molar-refractivity contribution in [1.29, 1.82) is 0 Å². The van der Waals surface area contributed by atoms with Crippen molar-refractivity contribution in [1.82, 2.24) is 9.55 Å². The largest absolute Gasteiger partial charge is 0.378 e. The zero-order valence-corrected chi connectivity index (χ0v) is 16.1. The molecule has 1 fully saturated rings. The molecule has 3 aromatic carbocycles. The van der Waals surface area contributed by atoms with Crippen molar-refractivity contribution in [3.05, 3.63) is 78.4 Å². The third-order valence-corrected chi connectivity index (χ3v) is 5.90. The number of hydrogen-bond acceptors (Lipinski definition) is 4. The summed E-state index contributed by atoms with van der Waals surface area (Å²) < 4.78 is 7.80. The molecular weight excluding hydrogens is 360 g/mol. The Morgan fingerprint density at radius 1 is 0.862 bits per heavy atom. The third kappa shape index (κ3) is 2.69. The van der Waals surface area contributed by atoms with Crippen LogP contribution in [0.3, 0.4) is 0 Å². The van der Waals surface area contributed by atoms with Gasteiger partial charge in [0.05, 0.1) is 24.2 Å². The molecule has 1 N–H and O–H groups in total. The van der Waals surface area contributed by atoms with Crippen LogP contribution in [0.2, 0.25) is 0 Å². The van der Waals surface area contributed by atoms with Gasteiger partial charge in [-0.2, -0.15) is 0 Å². The third-order valence-electron chi connectivity index (χ3n) is 5.90. The van der Waals surface area contributed by atoms with Crippen molar-refractivity contribution >= 4 is 22.4 Å². The highest BCUT2D eigenvalue weighted by Gasteiger charge is 2.28. The minimum Gasteiger partial charge on any atom is -0.378 e. The summed E-state index contributed by atoms with van der Waals surface area (Å²) in [6, 6.07) is 25.7. The molecule has 0 saturated carbocycles. The first-order valence-electron chi connectivity index (χ1n) is 10.1. The van der Waals surface area contributed by atoms with Gasteiger partial charge in [-0.1, -0.05) is 36.4 Å². The molecule has 5 nitrogen and oxygen atoms in total. The van der Waals surface area contributed by atoms with Crippen LogP contribution in [0.25, 0.3) is 22.4 Å². The molecule has 1 unspecified atom stereocenters. The van der Waals surface area contributed by atoms with Gasteiger partial charge in [-0.25, -0.2) is 4.98 Å². The van der Waals surface area contributed by atoms with Crippen molar-refractivity contribution in [3.8, 4) is 11.4 Å². The van der Waals surface area contributed by atoms with Gasteiger partial charge >= 0.3 is 0 Å². The molecule has 4 aromatic rings. The highest BCUT2D eigenvalue weighted by Crippen LogP contribution is 2.40. The lowest BCUT2D eigenvalue weighted by Crippen LogP contribution is -2.36. The second-order valence-corrected chi connectivity index (χ2v) is 7.58.